The molecular formula is C16H30Cl2N2O. The highest BCUT2D eigenvalue weighted by Gasteiger charge is 2.24. The normalized spacial score (nSPS) is 16.9. The number of nitrogens with one attached hydrogen (secondary N) is 1. The quantitative estimate of drug-likeness (QED) is 0.756. The van der Waals surface area contributed by atoms with E-state index in [0.29, 0.717) is 6.04 Å². The number of hydrogen-bond donors (Lipinski definition) is 1. The first-order valence-corrected chi connectivity index (χ1v) is 7.88. The van der Waals surface area contributed by atoms with Crippen molar-refractivity contribution in [1.29, 1.82) is 0 Å². The predicted octanol–water partition coefficient (Wildman–Crippen LogP) is 4.21. The second-order valence-electron chi connectivity index (χ2n) is 5.46. The van der Waals surface area contributed by atoms with Gasteiger partial charge in [-0.2, -0.15) is 0 Å². The van der Waals surface area contributed by atoms with Gasteiger partial charge in [0.15, 0.2) is 0 Å². The lowest BCUT2D eigenvalue weighted by molar-refractivity contribution is 0.143. The molecule has 1 aromatic rings. The third-order valence-electron chi connectivity index (χ3n) is 4.03. The SMILES string of the molecule is CCCCC[C@H](c1ccc(CC)o1)N1CCNCC1.Cl.Cl. The smallest absolute Gasteiger partial charge is 0.121 e. The van der Waals surface area contributed by atoms with Crippen LogP contribution in [0.4, 0.5) is 0 Å². The fourth-order valence-corrected chi connectivity index (χ4v) is 2.85. The zero-order chi connectivity index (χ0) is 13.5. The lowest BCUT2D eigenvalue weighted by Crippen LogP contribution is -2.45. The van der Waals surface area contributed by atoms with Gasteiger partial charge in [0.25, 0.3) is 0 Å². The summed E-state index contributed by atoms with van der Waals surface area (Å²) in [6.45, 7) is 8.90. The summed E-state index contributed by atoms with van der Waals surface area (Å²) in [5, 5.41) is 3.43. The molecule has 2 rings (SSSR count). The molecule has 124 valence electrons. The number of nitrogens with zero attached hydrogens (tertiary/aromatic N) is 1. The van der Waals surface area contributed by atoms with Gasteiger partial charge in [-0.25, -0.2) is 0 Å². The molecule has 21 heavy (non-hydrogen) atoms. The van der Waals surface area contributed by atoms with Crippen molar-refractivity contribution in [2.24, 2.45) is 0 Å². The highest BCUT2D eigenvalue weighted by molar-refractivity contribution is 5.85. The Bertz CT molecular complexity index is 365. The standard InChI is InChI=1S/C16H28N2O.2ClH/c1-3-5-6-7-15(18-12-10-17-11-13-18)16-9-8-14(4-2)19-16;;/h8-9,15,17H,3-7,10-13H2,1-2H3;2*1H/t15-;;/m1../s1. The summed E-state index contributed by atoms with van der Waals surface area (Å²) in [5.41, 5.74) is 0. The summed E-state index contributed by atoms with van der Waals surface area (Å²) in [4.78, 5) is 2.59. The summed E-state index contributed by atoms with van der Waals surface area (Å²) in [6.07, 6.45) is 6.12. The summed E-state index contributed by atoms with van der Waals surface area (Å²) in [6, 6.07) is 4.82. The van der Waals surface area contributed by atoms with Crippen LogP contribution < -0.4 is 5.32 Å². The zero-order valence-corrected chi connectivity index (χ0v) is 14.9. The molecule has 0 aliphatic carbocycles. The highest BCUT2D eigenvalue weighted by atomic mass is 35.5. The van der Waals surface area contributed by atoms with Gasteiger partial charge in [-0.3, -0.25) is 4.90 Å². The highest BCUT2D eigenvalue weighted by Crippen LogP contribution is 2.28. The average molecular weight is 337 g/mol. The number of aryl methyl sites for hydroxylation is 1. The minimum absolute atomic E-state index is 0. The Morgan fingerprint density at radius 3 is 2.43 bits per heavy atom. The first-order chi connectivity index (χ1) is 9.35. The number of furan rings is 1. The van der Waals surface area contributed by atoms with Crippen molar-refractivity contribution in [3.63, 3.8) is 0 Å². The van der Waals surface area contributed by atoms with E-state index in [1.165, 1.54) is 31.4 Å². The monoisotopic (exact) mass is 336 g/mol. The molecule has 1 aliphatic heterocycles. The van der Waals surface area contributed by atoms with Crippen molar-refractivity contribution in [2.75, 3.05) is 26.2 Å². The average Bonchev–Trinajstić information content (AvgIpc) is 2.93. The molecule has 0 aromatic carbocycles. The van der Waals surface area contributed by atoms with E-state index in [1.54, 1.807) is 0 Å². The first-order valence-electron chi connectivity index (χ1n) is 7.88. The predicted molar refractivity (Wildman–Crippen MR) is 93.9 cm³/mol. The second-order valence-corrected chi connectivity index (χ2v) is 5.46. The van der Waals surface area contributed by atoms with Gasteiger partial charge in [-0.1, -0.05) is 33.1 Å². The van der Waals surface area contributed by atoms with Crippen LogP contribution in [0.3, 0.4) is 0 Å². The van der Waals surface area contributed by atoms with Crippen LogP contribution >= 0.6 is 24.8 Å². The molecule has 1 N–H and O–H groups in total. The molecule has 0 spiro atoms. The molecule has 0 radical (unpaired) electrons. The number of piperazine rings is 1. The van der Waals surface area contributed by atoms with E-state index in [4.69, 9.17) is 4.42 Å². The number of rotatable bonds is 7. The van der Waals surface area contributed by atoms with Crippen molar-refractivity contribution >= 4 is 24.8 Å². The van der Waals surface area contributed by atoms with Crippen LogP contribution in [0, 0.1) is 0 Å². The maximum Gasteiger partial charge on any atom is 0.121 e. The Balaban J connectivity index is 0.00000200. The third kappa shape index (κ3) is 6.19. The first kappa shape index (κ1) is 20.8. The number of hydrogen-bond acceptors (Lipinski definition) is 3. The van der Waals surface area contributed by atoms with E-state index < -0.39 is 0 Å². The lowest BCUT2D eigenvalue weighted by Gasteiger charge is -2.34. The van der Waals surface area contributed by atoms with Gasteiger partial charge in [-0.05, 0) is 18.6 Å². The third-order valence-corrected chi connectivity index (χ3v) is 4.03. The van der Waals surface area contributed by atoms with E-state index in [2.05, 4.69) is 36.2 Å². The van der Waals surface area contributed by atoms with Crippen LogP contribution in [0.15, 0.2) is 16.5 Å². The zero-order valence-electron chi connectivity index (χ0n) is 13.3. The molecule has 1 fully saturated rings. The van der Waals surface area contributed by atoms with E-state index >= 15 is 0 Å². The molecule has 5 heteroatoms. The van der Waals surface area contributed by atoms with Crippen LogP contribution in [-0.2, 0) is 6.42 Å². The van der Waals surface area contributed by atoms with Crippen molar-refractivity contribution in [3.05, 3.63) is 23.7 Å². The molecule has 2 heterocycles. The fraction of sp³-hybridized carbons (Fsp3) is 0.750. The summed E-state index contributed by atoms with van der Waals surface area (Å²) < 4.78 is 6.02. The van der Waals surface area contributed by atoms with Gasteiger partial charge in [0.2, 0.25) is 0 Å². The Morgan fingerprint density at radius 1 is 1.14 bits per heavy atom. The van der Waals surface area contributed by atoms with Crippen molar-refractivity contribution in [1.82, 2.24) is 10.2 Å². The molecule has 1 saturated heterocycles. The Kier molecular flexibility index (Phi) is 11.2. The Hall–Kier alpha value is -0.220. The molecule has 3 nitrogen and oxygen atoms in total. The van der Waals surface area contributed by atoms with Crippen LogP contribution in [0.2, 0.25) is 0 Å². The second kappa shape index (κ2) is 11.4. The summed E-state index contributed by atoms with van der Waals surface area (Å²) in [5.74, 6) is 2.29. The van der Waals surface area contributed by atoms with Crippen molar-refractivity contribution < 1.29 is 4.42 Å². The molecule has 1 aliphatic rings. The van der Waals surface area contributed by atoms with E-state index in [1.807, 2.05) is 0 Å². The number of halogens is 2. The van der Waals surface area contributed by atoms with Crippen LogP contribution in [0.25, 0.3) is 0 Å². The van der Waals surface area contributed by atoms with Gasteiger partial charge in [0.1, 0.15) is 11.5 Å². The molecule has 0 amide bonds. The largest absolute Gasteiger partial charge is 0.464 e. The van der Waals surface area contributed by atoms with Gasteiger partial charge >= 0.3 is 0 Å². The van der Waals surface area contributed by atoms with E-state index in [9.17, 15) is 0 Å². The van der Waals surface area contributed by atoms with Crippen LogP contribution in [0.5, 0.6) is 0 Å². The van der Waals surface area contributed by atoms with Gasteiger partial charge < -0.3 is 9.73 Å². The molecule has 0 bridgehead atoms. The minimum Gasteiger partial charge on any atom is -0.464 e. The van der Waals surface area contributed by atoms with Crippen molar-refractivity contribution in [3.8, 4) is 0 Å². The van der Waals surface area contributed by atoms with Crippen molar-refractivity contribution in [2.45, 2.75) is 52.0 Å². The molecule has 1 atom stereocenters. The maximum atomic E-state index is 6.02. The van der Waals surface area contributed by atoms with Gasteiger partial charge in [-0.15, -0.1) is 24.8 Å². The van der Waals surface area contributed by atoms with Gasteiger partial charge in [0, 0.05) is 32.6 Å². The molecule has 0 unspecified atom stereocenters. The van der Waals surface area contributed by atoms with Gasteiger partial charge in [0.05, 0.1) is 6.04 Å². The Labute approximate surface area is 141 Å². The Morgan fingerprint density at radius 2 is 1.86 bits per heavy atom. The fourth-order valence-electron chi connectivity index (χ4n) is 2.85. The van der Waals surface area contributed by atoms with E-state index in [0.717, 1.165) is 38.4 Å². The topological polar surface area (TPSA) is 28.4 Å². The lowest BCUT2D eigenvalue weighted by atomic mass is 10.0. The number of unbranched alkanes of at least 4 members (excludes halogenated alkanes) is 2. The van der Waals surface area contributed by atoms with Crippen LogP contribution in [-0.4, -0.2) is 31.1 Å². The molecule has 0 saturated carbocycles. The minimum atomic E-state index is 0. The maximum absolute atomic E-state index is 6.02. The summed E-state index contributed by atoms with van der Waals surface area (Å²) >= 11 is 0. The summed E-state index contributed by atoms with van der Waals surface area (Å²) in [7, 11) is 0. The van der Waals surface area contributed by atoms with Crippen LogP contribution in [0.1, 0.15) is 57.1 Å². The molecular weight excluding hydrogens is 307 g/mol. The van der Waals surface area contributed by atoms with E-state index in [-0.39, 0.29) is 24.8 Å². The molecule has 1 aromatic heterocycles.